The second kappa shape index (κ2) is 6.94. The van der Waals surface area contributed by atoms with Crippen LogP contribution < -0.4 is 4.57 Å². The molecule has 3 heterocycles. The van der Waals surface area contributed by atoms with Gasteiger partial charge in [0.15, 0.2) is 30.6 Å². The van der Waals surface area contributed by atoms with Gasteiger partial charge in [0.2, 0.25) is 0 Å². The van der Waals surface area contributed by atoms with E-state index in [2.05, 4.69) is 15.1 Å². The van der Waals surface area contributed by atoms with Crippen molar-refractivity contribution in [3.63, 3.8) is 0 Å². The van der Waals surface area contributed by atoms with Crippen molar-refractivity contribution in [2.24, 2.45) is 0 Å². The van der Waals surface area contributed by atoms with Gasteiger partial charge >= 0.3 is 0 Å². The number of rotatable bonds is 4. The third kappa shape index (κ3) is 3.27. The van der Waals surface area contributed by atoms with Gasteiger partial charge in [0.05, 0.1) is 11.3 Å². The molecule has 0 fully saturated rings. The minimum Gasteiger partial charge on any atom is -0.333 e. The van der Waals surface area contributed by atoms with Gasteiger partial charge in [-0.3, -0.25) is 0 Å². The van der Waals surface area contributed by atoms with Gasteiger partial charge in [0.25, 0.3) is 0 Å². The summed E-state index contributed by atoms with van der Waals surface area (Å²) >= 11 is 0. The summed E-state index contributed by atoms with van der Waals surface area (Å²) in [5.41, 5.74) is 3.40. The van der Waals surface area contributed by atoms with Gasteiger partial charge in [-0.15, -0.1) is 0 Å². The number of halogens is 2. The van der Waals surface area contributed by atoms with Crippen LogP contribution in [0, 0.1) is 11.6 Å². The van der Waals surface area contributed by atoms with Crippen LogP contribution >= 0.6 is 0 Å². The molecule has 0 aliphatic rings. The molecule has 5 aromatic rings. The Kier molecular flexibility index (Phi) is 4.13. The van der Waals surface area contributed by atoms with Crippen LogP contribution in [0.5, 0.6) is 0 Å². The van der Waals surface area contributed by atoms with Gasteiger partial charge < -0.3 is 4.98 Å². The number of fused-ring (bicyclic) bond motifs is 1. The number of aromatic amines is 1. The molecule has 7 heteroatoms. The molecule has 0 aliphatic carbocycles. The van der Waals surface area contributed by atoms with Crippen molar-refractivity contribution in [1.29, 1.82) is 0 Å². The van der Waals surface area contributed by atoms with E-state index in [0.29, 0.717) is 17.9 Å². The third-order valence-corrected chi connectivity index (χ3v) is 4.70. The molecule has 142 valence electrons. The lowest BCUT2D eigenvalue weighted by atomic mass is 10.2. The zero-order valence-electron chi connectivity index (χ0n) is 15.3. The average Bonchev–Trinajstić information content (AvgIpc) is 3.37. The average molecular weight is 388 g/mol. The highest BCUT2D eigenvalue weighted by Crippen LogP contribution is 2.23. The maximum Gasteiger partial charge on any atom is 0.195 e. The Bertz CT molecular complexity index is 1310. The van der Waals surface area contributed by atoms with Crippen molar-refractivity contribution in [3.05, 3.63) is 96.6 Å². The van der Waals surface area contributed by atoms with E-state index >= 15 is 0 Å². The minimum absolute atomic E-state index is 0.106. The SMILES string of the molecule is Fc1cccc(-c2nc3cc[n+](Cc4ccn(-c5ccccc5)n4)cc3[nH]2)c1F. The van der Waals surface area contributed by atoms with Gasteiger partial charge in [0, 0.05) is 12.3 Å². The first kappa shape index (κ1) is 17.2. The quantitative estimate of drug-likeness (QED) is 0.473. The van der Waals surface area contributed by atoms with E-state index in [1.165, 1.54) is 12.1 Å². The van der Waals surface area contributed by atoms with Crippen molar-refractivity contribution in [1.82, 2.24) is 19.7 Å². The molecule has 0 aliphatic heterocycles. The number of nitrogens with one attached hydrogen (secondary N) is 1. The summed E-state index contributed by atoms with van der Waals surface area (Å²) < 4.78 is 31.4. The van der Waals surface area contributed by atoms with Crippen LogP contribution in [0.15, 0.2) is 79.3 Å². The first-order valence-electron chi connectivity index (χ1n) is 9.10. The van der Waals surface area contributed by atoms with Crippen LogP contribution in [-0.4, -0.2) is 19.7 Å². The van der Waals surface area contributed by atoms with Gasteiger partial charge in [-0.25, -0.2) is 18.4 Å². The van der Waals surface area contributed by atoms with E-state index in [-0.39, 0.29) is 5.56 Å². The lowest BCUT2D eigenvalue weighted by Gasteiger charge is -1.99. The van der Waals surface area contributed by atoms with Crippen LogP contribution in [0.4, 0.5) is 8.78 Å². The van der Waals surface area contributed by atoms with Crippen molar-refractivity contribution in [2.75, 3.05) is 0 Å². The van der Waals surface area contributed by atoms with Crippen LogP contribution in [0.3, 0.4) is 0 Å². The smallest absolute Gasteiger partial charge is 0.195 e. The maximum atomic E-state index is 14.1. The predicted molar refractivity (Wildman–Crippen MR) is 104 cm³/mol. The number of nitrogens with zero attached hydrogens (tertiary/aromatic N) is 4. The second-order valence-corrected chi connectivity index (χ2v) is 6.69. The number of aromatic nitrogens is 5. The number of hydrogen-bond donors (Lipinski definition) is 1. The highest BCUT2D eigenvalue weighted by molar-refractivity contribution is 5.77. The Hall–Kier alpha value is -3.87. The van der Waals surface area contributed by atoms with Crippen molar-refractivity contribution in [2.45, 2.75) is 6.54 Å². The molecular weight excluding hydrogens is 372 g/mol. The number of pyridine rings is 1. The number of hydrogen-bond acceptors (Lipinski definition) is 2. The Labute approximate surface area is 164 Å². The summed E-state index contributed by atoms with van der Waals surface area (Å²) in [5.74, 6) is -1.51. The second-order valence-electron chi connectivity index (χ2n) is 6.69. The lowest BCUT2D eigenvalue weighted by molar-refractivity contribution is -0.687. The Morgan fingerprint density at radius 3 is 2.69 bits per heavy atom. The third-order valence-electron chi connectivity index (χ3n) is 4.70. The Morgan fingerprint density at radius 2 is 1.83 bits per heavy atom. The van der Waals surface area contributed by atoms with Gasteiger partial charge in [0.1, 0.15) is 22.6 Å². The first-order valence-corrected chi connectivity index (χ1v) is 9.10. The van der Waals surface area contributed by atoms with Crippen LogP contribution in [0.1, 0.15) is 5.69 Å². The standard InChI is InChI=1S/C22H15F2N5/c23-18-8-4-7-17(21(18)24)22-25-19-10-11-28(14-20(19)26-22)13-15-9-12-29(27-15)16-5-2-1-3-6-16/h1-12,14H,13H2/p+1. The van der Waals surface area contributed by atoms with E-state index in [1.54, 1.807) is 0 Å². The molecule has 0 bridgehead atoms. The fourth-order valence-electron chi connectivity index (χ4n) is 3.27. The first-order chi connectivity index (χ1) is 14.2. The molecule has 29 heavy (non-hydrogen) atoms. The molecule has 0 amide bonds. The summed E-state index contributed by atoms with van der Waals surface area (Å²) in [6.07, 6.45) is 5.69. The Balaban J connectivity index is 1.43. The maximum absolute atomic E-state index is 14.1. The molecule has 5 nitrogen and oxygen atoms in total. The van der Waals surface area contributed by atoms with Crippen molar-refractivity contribution < 1.29 is 13.3 Å². The monoisotopic (exact) mass is 388 g/mol. The van der Waals surface area contributed by atoms with E-state index in [1.807, 2.05) is 70.3 Å². The largest absolute Gasteiger partial charge is 0.333 e. The molecule has 0 radical (unpaired) electrons. The molecule has 0 saturated heterocycles. The summed E-state index contributed by atoms with van der Waals surface area (Å²) in [5, 5.41) is 4.61. The molecule has 0 spiro atoms. The molecule has 1 N–H and O–H groups in total. The fourth-order valence-corrected chi connectivity index (χ4v) is 3.27. The van der Waals surface area contributed by atoms with E-state index in [4.69, 9.17) is 0 Å². The molecule has 2 aromatic carbocycles. The zero-order chi connectivity index (χ0) is 19.8. The summed E-state index contributed by atoms with van der Waals surface area (Å²) in [4.78, 5) is 7.45. The lowest BCUT2D eigenvalue weighted by Crippen LogP contribution is -2.33. The molecule has 3 aromatic heterocycles. The van der Waals surface area contributed by atoms with Crippen molar-refractivity contribution >= 4 is 11.0 Å². The van der Waals surface area contributed by atoms with Gasteiger partial charge in [-0.2, -0.15) is 9.67 Å². The Morgan fingerprint density at radius 1 is 0.966 bits per heavy atom. The molecular formula is C22H16F2N5+. The molecule has 0 atom stereocenters. The zero-order valence-corrected chi connectivity index (χ0v) is 15.3. The highest BCUT2D eigenvalue weighted by Gasteiger charge is 2.15. The topological polar surface area (TPSA) is 50.4 Å². The molecule has 5 rings (SSSR count). The summed E-state index contributed by atoms with van der Waals surface area (Å²) in [6, 6.07) is 17.7. The fraction of sp³-hybridized carbons (Fsp3) is 0.0455. The highest BCUT2D eigenvalue weighted by atomic mass is 19.2. The van der Waals surface area contributed by atoms with Crippen LogP contribution in [0.25, 0.3) is 28.1 Å². The number of para-hydroxylation sites is 1. The van der Waals surface area contributed by atoms with Crippen LogP contribution in [-0.2, 0) is 6.54 Å². The summed E-state index contributed by atoms with van der Waals surface area (Å²) in [7, 11) is 0. The van der Waals surface area contributed by atoms with Crippen LogP contribution in [0.2, 0.25) is 0 Å². The van der Waals surface area contributed by atoms with E-state index in [9.17, 15) is 8.78 Å². The molecule has 0 saturated carbocycles. The van der Waals surface area contributed by atoms with E-state index < -0.39 is 11.6 Å². The number of imidazole rings is 1. The van der Waals surface area contributed by atoms with Gasteiger partial charge in [-0.1, -0.05) is 24.3 Å². The van der Waals surface area contributed by atoms with E-state index in [0.717, 1.165) is 23.0 Å². The number of benzene rings is 2. The number of H-pyrrole nitrogens is 1. The molecule has 0 unspecified atom stereocenters. The van der Waals surface area contributed by atoms with Crippen molar-refractivity contribution in [3.8, 4) is 17.1 Å². The predicted octanol–water partition coefficient (Wildman–Crippen LogP) is 4.03. The van der Waals surface area contributed by atoms with Gasteiger partial charge in [-0.05, 0) is 30.3 Å². The normalized spacial score (nSPS) is 11.2. The summed E-state index contributed by atoms with van der Waals surface area (Å²) in [6.45, 7) is 0.568. The minimum atomic E-state index is -0.911.